The second-order valence-electron chi connectivity index (χ2n) is 4.93. The van der Waals surface area contributed by atoms with Gasteiger partial charge in [-0.3, -0.25) is 0 Å². The van der Waals surface area contributed by atoms with E-state index in [1.165, 1.54) is 5.56 Å². The van der Waals surface area contributed by atoms with Crippen LogP contribution < -0.4 is 10.1 Å². The normalized spacial score (nSPS) is 17.3. The van der Waals surface area contributed by atoms with Gasteiger partial charge in [-0.05, 0) is 44.6 Å². The first-order valence-corrected chi connectivity index (χ1v) is 6.58. The van der Waals surface area contributed by atoms with Gasteiger partial charge in [0.05, 0.1) is 20.3 Å². The van der Waals surface area contributed by atoms with Crippen molar-refractivity contribution in [3.05, 3.63) is 28.3 Å². The van der Waals surface area contributed by atoms with E-state index < -0.39 is 0 Å². The molecule has 100 valence electrons. The molecule has 0 saturated carbocycles. The second-order valence-corrected chi connectivity index (χ2v) is 5.34. The first-order chi connectivity index (χ1) is 8.63. The van der Waals surface area contributed by atoms with Gasteiger partial charge in [0.15, 0.2) is 0 Å². The molecule has 0 aliphatic carbocycles. The highest BCUT2D eigenvalue weighted by molar-refractivity contribution is 6.31. The highest BCUT2D eigenvalue weighted by Crippen LogP contribution is 2.42. The topological polar surface area (TPSA) is 30.5 Å². The summed E-state index contributed by atoms with van der Waals surface area (Å²) in [4.78, 5) is 0. The summed E-state index contributed by atoms with van der Waals surface area (Å²) in [5.74, 6) is 0.913. The van der Waals surface area contributed by atoms with Crippen LogP contribution in [-0.2, 0) is 10.2 Å². The molecule has 4 heteroatoms. The molecule has 1 saturated heterocycles. The minimum absolute atomic E-state index is 0.0473. The summed E-state index contributed by atoms with van der Waals surface area (Å²) >= 11 is 6.25. The molecular formula is C14H20ClNO2. The number of ether oxygens (including phenoxy) is 2. The Morgan fingerprint density at radius 3 is 2.67 bits per heavy atom. The van der Waals surface area contributed by atoms with Gasteiger partial charge in [-0.25, -0.2) is 0 Å². The first kappa shape index (κ1) is 13.7. The Labute approximate surface area is 113 Å². The number of rotatable bonds is 5. The number of nitrogens with one attached hydrogen (secondary N) is 1. The molecule has 1 fully saturated rings. The van der Waals surface area contributed by atoms with Crippen molar-refractivity contribution in [1.82, 2.24) is 5.32 Å². The highest BCUT2D eigenvalue weighted by atomic mass is 35.5. The van der Waals surface area contributed by atoms with Crippen LogP contribution in [0.25, 0.3) is 0 Å². The third kappa shape index (κ3) is 2.35. The molecule has 1 aliphatic heterocycles. The van der Waals surface area contributed by atoms with Crippen LogP contribution in [0, 0.1) is 6.92 Å². The Kier molecular flexibility index (Phi) is 4.15. The van der Waals surface area contributed by atoms with Gasteiger partial charge in [0.1, 0.15) is 5.75 Å². The van der Waals surface area contributed by atoms with Gasteiger partial charge in [-0.1, -0.05) is 11.6 Å². The summed E-state index contributed by atoms with van der Waals surface area (Å²) < 4.78 is 10.9. The van der Waals surface area contributed by atoms with Crippen molar-refractivity contribution < 1.29 is 9.47 Å². The fourth-order valence-corrected chi connectivity index (χ4v) is 2.55. The predicted molar refractivity (Wildman–Crippen MR) is 73.8 cm³/mol. The summed E-state index contributed by atoms with van der Waals surface area (Å²) in [6, 6.07) is 4.05. The van der Waals surface area contributed by atoms with Gasteiger partial charge >= 0.3 is 0 Å². The lowest BCUT2D eigenvalue weighted by Gasteiger charge is -2.43. The standard InChI is InChI=1S/C14H20ClNO2/c1-10-6-13(17-3)11(7-12(10)15)14(4-5-16-2)8-18-9-14/h6-7,16H,4-5,8-9H2,1-3H3. The van der Waals surface area contributed by atoms with Crippen molar-refractivity contribution in [3.8, 4) is 5.75 Å². The fraction of sp³-hybridized carbons (Fsp3) is 0.571. The van der Waals surface area contributed by atoms with Crippen LogP contribution in [0.1, 0.15) is 17.5 Å². The quantitative estimate of drug-likeness (QED) is 0.891. The van der Waals surface area contributed by atoms with Crippen LogP contribution in [0.2, 0.25) is 5.02 Å². The summed E-state index contributed by atoms with van der Waals surface area (Å²) in [5, 5.41) is 3.99. The van der Waals surface area contributed by atoms with E-state index in [0.29, 0.717) is 0 Å². The molecule has 1 aromatic rings. The Morgan fingerprint density at radius 1 is 1.44 bits per heavy atom. The molecule has 0 unspecified atom stereocenters. The zero-order valence-electron chi connectivity index (χ0n) is 11.2. The highest BCUT2D eigenvalue weighted by Gasteiger charge is 2.42. The van der Waals surface area contributed by atoms with E-state index in [4.69, 9.17) is 21.1 Å². The van der Waals surface area contributed by atoms with E-state index in [1.807, 2.05) is 26.1 Å². The monoisotopic (exact) mass is 269 g/mol. The predicted octanol–water partition coefficient (Wildman–Crippen LogP) is 2.53. The maximum Gasteiger partial charge on any atom is 0.123 e. The van der Waals surface area contributed by atoms with E-state index in [1.54, 1.807) is 7.11 Å². The van der Waals surface area contributed by atoms with E-state index in [-0.39, 0.29) is 5.41 Å². The molecule has 0 radical (unpaired) electrons. The van der Waals surface area contributed by atoms with Crippen LogP contribution in [0.4, 0.5) is 0 Å². The summed E-state index contributed by atoms with van der Waals surface area (Å²) in [6.07, 6.45) is 1.03. The van der Waals surface area contributed by atoms with E-state index in [2.05, 4.69) is 5.32 Å². The van der Waals surface area contributed by atoms with Crippen molar-refractivity contribution in [1.29, 1.82) is 0 Å². The van der Waals surface area contributed by atoms with E-state index >= 15 is 0 Å². The van der Waals surface area contributed by atoms with Crippen LogP contribution in [0.15, 0.2) is 12.1 Å². The summed E-state index contributed by atoms with van der Waals surface area (Å²) in [6.45, 7) is 4.43. The van der Waals surface area contributed by atoms with Gasteiger partial charge < -0.3 is 14.8 Å². The molecule has 0 bridgehead atoms. The zero-order chi connectivity index (χ0) is 13.2. The molecule has 1 aromatic carbocycles. The minimum atomic E-state index is 0.0473. The number of methoxy groups -OCH3 is 1. The Balaban J connectivity index is 2.38. The number of aryl methyl sites for hydroxylation is 1. The smallest absolute Gasteiger partial charge is 0.123 e. The molecular weight excluding hydrogens is 250 g/mol. The largest absolute Gasteiger partial charge is 0.496 e. The molecule has 1 N–H and O–H groups in total. The Hall–Kier alpha value is -0.770. The van der Waals surface area contributed by atoms with Crippen LogP contribution >= 0.6 is 11.6 Å². The number of halogens is 1. The molecule has 3 nitrogen and oxygen atoms in total. The SMILES string of the molecule is CNCCC1(c2cc(Cl)c(C)cc2OC)COC1. The first-order valence-electron chi connectivity index (χ1n) is 6.20. The van der Waals surface area contributed by atoms with Crippen molar-refractivity contribution in [2.75, 3.05) is 33.9 Å². The Morgan fingerprint density at radius 2 is 2.17 bits per heavy atom. The lowest BCUT2D eigenvalue weighted by Crippen LogP contribution is -2.48. The lowest BCUT2D eigenvalue weighted by atomic mass is 9.75. The average Bonchev–Trinajstić information content (AvgIpc) is 2.32. The fourth-order valence-electron chi connectivity index (χ4n) is 2.39. The van der Waals surface area contributed by atoms with Crippen molar-refractivity contribution >= 4 is 11.6 Å². The van der Waals surface area contributed by atoms with Gasteiger partial charge in [0, 0.05) is 16.0 Å². The Bertz CT molecular complexity index is 430. The van der Waals surface area contributed by atoms with Gasteiger partial charge in [0.2, 0.25) is 0 Å². The molecule has 1 heterocycles. The molecule has 0 aromatic heterocycles. The number of hydrogen-bond acceptors (Lipinski definition) is 3. The number of hydrogen-bond donors (Lipinski definition) is 1. The average molecular weight is 270 g/mol. The molecule has 0 spiro atoms. The van der Waals surface area contributed by atoms with Crippen LogP contribution in [0.3, 0.4) is 0 Å². The van der Waals surface area contributed by atoms with Crippen molar-refractivity contribution in [2.24, 2.45) is 0 Å². The van der Waals surface area contributed by atoms with Crippen LogP contribution in [-0.4, -0.2) is 33.9 Å². The lowest BCUT2D eigenvalue weighted by molar-refractivity contribution is -0.0647. The molecule has 0 amide bonds. The molecule has 2 rings (SSSR count). The van der Waals surface area contributed by atoms with Crippen molar-refractivity contribution in [2.45, 2.75) is 18.8 Å². The zero-order valence-corrected chi connectivity index (χ0v) is 11.9. The van der Waals surface area contributed by atoms with Crippen LogP contribution in [0.5, 0.6) is 5.75 Å². The maximum absolute atomic E-state index is 6.25. The minimum Gasteiger partial charge on any atom is -0.496 e. The van der Waals surface area contributed by atoms with Gasteiger partial charge in [-0.2, -0.15) is 0 Å². The second kappa shape index (κ2) is 5.47. The van der Waals surface area contributed by atoms with Crippen molar-refractivity contribution in [3.63, 3.8) is 0 Å². The maximum atomic E-state index is 6.25. The third-order valence-electron chi connectivity index (χ3n) is 3.66. The summed E-state index contributed by atoms with van der Waals surface area (Å²) in [7, 11) is 3.67. The molecule has 18 heavy (non-hydrogen) atoms. The van der Waals surface area contributed by atoms with E-state index in [9.17, 15) is 0 Å². The summed E-state index contributed by atoms with van der Waals surface area (Å²) in [5.41, 5.74) is 2.26. The van der Waals surface area contributed by atoms with E-state index in [0.717, 1.165) is 42.5 Å². The number of benzene rings is 1. The van der Waals surface area contributed by atoms with Gasteiger partial charge in [0.25, 0.3) is 0 Å². The van der Waals surface area contributed by atoms with Gasteiger partial charge in [-0.15, -0.1) is 0 Å². The molecule has 1 aliphatic rings. The third-order valence-corrected chi connectivity index (χ3v) is 4.07. The molecule has 0 atom stereocenters.